The van der Waals surface area contributed by atoms with Gasteiger partial charge >= 0.3 is 5.97 Å². The van der Waals surface area contributed by atoms with Crippen LogP contribution in [-0.2, 0) is 9.59 Å². The minimum Gasteiger partial charge on any atom is -0.481 e. The lowest BCUT2D eigenvalue weighted by atomic mass is 9.94. The summed E-state index contributed by atoms with van der Waals surface area (Å²) in [4.78, 5) is 24.3. The van der Waals surface area contributed by atoms with Crippen molar-refractivity contribution in [1.29, 1.82) is 0 Å². The van der Waals surface area contributed by atoms with Crippen LogP contribution in [0.2, 0.25) is 0 Å². The van der Waals surface area contributed by atoms with E-state index in [1.807, 2.05) is 6.92 Å². The van der Waals surface area contributed by atoms with Gasteiger partial charge in [0.25, 0.3) is 0 Å². The second-order valence-electron chi connectivity index (χ2n) is 4.58. The molecule has 1 saturated heterocycles. The number of likely N-dealkylation sites (tertiary alicyclic amines) is 1. The maximum absolute atomic E-state index is 11.8. The Labute approximate surface area is 90.3 Å². The van der Waals surface area contributed by atoms with E-state index in [0.717, 1.165) is 12.8 Å². The van der Waals surface area contributed by atoms with Crippen molar-refractivity contribution in [1.82, 2.24) is 4.90 Å². The van der Waals surface area contributed by atoms with Crippen molar-refractivity contribution in [3.63, 3.8) is 0 Å². The molecule has 1 amide bonds. The normalized spacial score (nSPS) is 28.6. The molecule has 0 aromatic carbocycles. The third-order valence-electron chi connectivity index (χ3n) is 3.14. The summed E-state index contributed by atoms with van der Waals surface area (Å²) in [6.45, 7) is 6.23. The maximum Gasteiger partial charge on any atom is 0.315 e. The number of hydrogen-bond acceptors (Lipinski definition) is 2. The first-order chi connectivity index (χ1) is 6.93. The molecule has 1 aliphatic rings. The minimum absolute atomic E-state index is 0.176. The molecule has 0 bridgehead atoms. The fourth-order valence-corrected chi connectivity index (χ4v) is 1.95. The number of carboxylic acid groups (broad SMARTS) is 1. The highest BCUT2D eigenvalue weighted by Gasteiger charge is 2.32. The van der Waals surface area contributed by atoms with Gasteiger partial charge in [-0.3, -0.25) is 9.59 Å². The monoisotopic (exact) mass is 213 g/mol. The first-order valence-electron chi connectivity index (χ1n) is 5.46. The molecule has 1 N–H and O–H groups in total. The summed E-state index contributed by atoms with van der Waals surface area (Å²) < 4.78 is 0. The third kappa shape index (κ3) is 2.70. The van der Waals surface area contributed by atoms with E-state index in [1.165, 1.54) is 6.92 Å². The van der Waals surface area contributed by atoms with E-state index in [9.17, 15) is 9.59 Å². The molecule has 3 unspecified atom stereocenters. The topological polar surface area (TPSA) is 57.6 Å². The molecule has 1 aliphatic heterocycles. The Balaban J connectivity index is 2.68. The second-order valence-corrected chi connectivity index (χ2v) is 4.58. The van der Waals surface area contributed by atoms with Gasteiger partial charge in [-0.25, -0.2) is 0 Å². The fourth-order valence-electron chi connectivity index (χ4n) is 1.95. The summed E-state index contributed by atoms with van der Waals surface area (Å²) in [5, 5.41) is 8.79. The standard InChI is InChI=1S/C11H19NO3/c1-7-4-5-8(2)12(6-7)10(13)9(3)11(14)15/h7-9H,4-6H2,1-3H3,(H,14,15). The predicted octanol–water partition coefficient (Wildman–Crippen LogP) is 1.35. The number of rotatable bonds is 2. The summed E-state index contributed by atoms with van der Waals surface area (Å²) in [6, 6.07) is 0.176. The molecule has 15 heavy (non-hydrogen) atoms. The Hall–Kier alpha value is -1.06. The molecular weight excluding hydrogens is 194 g/mol. The Morgan fingerprint density at radius 3 is 2.47 bits per heavy atom. The van der Waals surface area contributed by atoms with Crippen LogP contribution in [0.5, 0.6) is 0 Å². The lowest BCUT2D eigenvalue weighted by Gasteiger charge is -2.37. The number of carboxylic acids is 1. The summed E-state index contributed by atoms with van der Waals surface area (Å²) in [5.41, 5.74) is 0. The Morgan fingerprint density at radius 1 is 1.33 bits per heavy atom. The van der Waals surface area contributed by atoms with Crippen LogP contribution in [0.4, 0.5) is 0 Å². The Bertz CT molecular complexity index is 265. The zero-order valence-corrected chi connectivity index (χ0v) is 9.56. The van der Waals surface area contributed by atoms with Gasteiger partial charge in [0, 0.05) is 12.6 Å². The molecule has 0 aromatic heterocycles. The van der Waals surface area contributed by atoms with Crippen LogP contribution in [0, 0.1) is 11.8 Å². The highest BCUT2D eigenvalue weighted by Crippen LogP contribution is 2.22. The lowest BCUT2D eigenvalue weighted by Crippen LogP contribution is -2.48. The van der Waals surface area contributed by atoms with Gasteiger partial charge in [0.2, 0.25) is 5.91 Å². The highest BCUT2D eigenvalue weighted by molar-refractivity contribution is 5.96. The number of carbonyl (C=O) groups excluding carboxylic acids is 1. The van der Waals surface area contributed by atoms with Crippen molar-refractivity contribution >= 4 is 11.9 Å². The molecule has 1 rings (SSSR count). The van der Waals surface area contributed by atoms with Crippen molar-refractivity contribution in [2.24, 2.45) is 11.8 Å². The van der Waals surface area contributed by atoms with Crippen LogP contribution in [0.15, 0.2) is 0 Å². The fraction of sp³-hybridized carbons (Fsp3) is 0.818. The van der Waals surface area contributed by atoms with E-state index in [-0.39, 0.29) is 11.9 Å². The second kappa shape index (κ2) is 4.64. The molecule has 1 fully saturated rings. The summed E-state index contributed by atoms with van der Waals surface area (Å²) >= 11 is 0. The molecule has 0 aliphatic carbocycles. The van der Waals surface area contributed by atoms with Gasteiger partial charge < -0.3 is 10.0 Å². The zero-order chi connectivity index (χ0) is 11.6. The summed E-state index contributed by atoms with van der Waals surface area (Å²) in [6.07, 6.45) is 2.09. The minimum atomic E-state index is -1.04. The van der Waals surface area contributed by atoms with Crippen molar-refractivity contribution < 1.29 is 14.7 Å². The van der Waals surface area contributed by atoms with E-state index in [2.05, 4.69) is 6.92 Å². The van der Waals surface area contributed by atoms with Gasteiger partial charge in [-0.1, -0.05) is 6.92 Å². The van der Waals surface area contributed by atoms with E-state index < -0.39 is 11.9 Å². The molecule has 1 heterocycles. The van der Waals surface area contributed by atoms with Gasteiger partial charge in [-0.05, 0) is 32.6 Å². The van der Waals surface area contributed by atoms with Crippen LogP contribution in [0.1, 0.15) is 33.6 Å². The Kier molecular flexibility index (Phi) is 3.72. The molecule has 4 nitrogen and oxygen atoms in total. The maximum atomic E-state index is 11.8. The highest BCUT2D eigenvalue weighted by atomic mass is 16.4. The first-order valence-corrected chi connectivity index (χ1v) is 5.46. The number of carbonyl (C=O) groups is 2. The first kappa shape index (κ1) is 12.0. The van der Waals surface area contributed by atoms with Crippen LogP contribution in [0.3, 0.4) is 0 Å². The van der Waals surface area contributed by atoms with Gasteiger partial charge in [-0.15, -0.1) is 0 Å². The van der Waals surface area contributed by atoms with E-state index in [0.29, 0.717) is 12.5 Å². The van der Waals surface area contributed by atoms with E-state index >= 15 is 0 Å². The average Bonchev–Trinajstić information content (AvgIpc) is 2.19. The van der Waals surface area contributed by atoms with Gasteiger partial charge in [-0.2, -0.15) is 0 Å². The molecular formula is C11H19NO3. The number of hydrogen-bond donors (Lipinski definition) is 1. The van der Waals surface area contributed by atoms with Crippen molar-refractivity contribution in [2.45, 2.75) is 39.7 Å². The number of nitrogens with zero attached hydrogens (tertiary/aromatic N) is 1. The molecule has 4 heteroatoms. The predicted molar refractivity (Wildman–Crippen MR) is 56.4 cm³/mol. The quantitative estimate of drug-likeness (QED) is 0.704. The molecule has 86 valence electrons. The van der Waals surface area contributed by atoms with Gasteiger partial charge in [0.15, 0.2) is 0 Å². The molecule has 0 aromatic rings. The van der Waals surface area contributed by atoms with Crippen LogP contribution in [-0.4, -0.2) is 34.5 Å². The van der Waals surface area contributed by atoms with Crippen molar-refractivity contribution in [3.05, 3.63) is 0 Å². The summed E-state index contributed by atoms with van der Waals surface area (Å²) in [7, 11) is 0. The molecule has 0 spiro atoms. The number of amides is 1. The van der Waals surface area contributed by atoms with Gasteiger partial charge in [0.05, 0.1) is 0 Å². The van der Waals surface area contributed by atoms with Crippen molar-refractivity contribution in [3.8, 4) is 0 Å². The zero-order valence-electron chi connectivity index (χ0n) is 9.56. The smallest absolute Gasteiger partial charge is 0.315 e. The molecule has 0 radical (unpaired) electrons. The van der Waals surface area contributed by atoms with Crippen molar-refractivity contribution in [2.75, 3.05) is 6.54 Å². The lowest BCUT2D eigenvalue weighted by molar-refractivity contribution is -0.152. The van der Waals surface area contributed by atoms with E-state index in [1.54, 1.807) is 4.90 Å². The van der Waals surface area contributed by atoms with E-state index in [4.69, 9.17) is 5.11 Å². The SMILES string of the molecule is CC1CCC(C)N(C(=O)C(C)C(=O)O)C1. The summed E-state index contributed by atoms with van der Waals surface area (Å²) in [5.74, 6) is -1.73. The molecule has 0 saturated carbocycles. The van der Waals surface area contributed by atoms with Crippen LogP contribution >= 0.6 is 0 Å². The Morgan fingerprint density at radius 2 is 1.93 bits per heavy atom. The third-order valence-corrected chi connectivity index (χ3v) is 3.14. The number of piperidine rings is 1. The largest absolute Gasteiger partial charge is 0.481 e. The van der Waals surface area contributed by atoms with Gasteiger partial charge in [0.1, 0.15) is 5.92 Å². The average molecular weight is 213 g/mol. The molecule has 3 atom stereocenters. The van der Waals surface area contributed by atoms with Crippen LogP contribution in [0.25, 0.3) is 0 Å². The number of aliphatic carboxylic acids is 1. The van der Waals surface area contributed by atoms with Crippen LogP contribution < -0.4 is 0 Å².